The van der Waals surface area contributed by atoms with E-state index in [-0.39, 0.29) is 6.61 Å². The van der Waals surface area contributed by atoms with E-state index in [0.717, 1.165) is 17.5 Å². The van der Waals surface area contributed by atoms with Gasteiger partial charge in [-0.15, -0.1) is 0 Å². The molecule has 1 unspecified atom stereocenters. The second kappa shape index (κ2) is 6.79. The Morgan fingerprint density at radius 1 is 1.22 bits per heavy atom. The number of aryl methyl sites for hydroxylation is 1. The lowest BCUT2D eigenvalue weighted by Gasteiger charge is -2.17. The van der Waals surface area contributed by atoms with Crippen LogP contribution in [0.25, 0.3) is 0 Å². The van der Waals surface area contributed by atoms with Crippen molar-refractivity contribution in [1.29, 1.82) is 0 Å². The smallest absolute Gasteiger partial charge is 0.303 e. The molecule has 98 valence electrons. The van der Waals surface area contributed by atoms with E-state index < -0.39 is 18.0 Å². The molecule has 0 saturated heterocycles. The number of rotatable bonds is 5. The highest BCUT2D eigenvalue weighted by Gasteiger charge is 2.16. The number of hydrogen-bond acceptors (Lipinski definition) is 4. The van der Waals surface area contributed by atoms with Gasteiger partial charge in [0.05, 0.1) is 0 Å². The second-order valence-corrected chi connectivity index (χ2v) is 4.00. The molecule has 0 radical (unpaired) electrons. The molecule has 4 nitrogen and oxygen atoms in total. The first kappa shape index (κ1) is 14.2. The third-order valence-corrected chi connectivity index (χ3v) is 2.48. The SMILES string of the molecule is CCc1cccc(C(COC(C)=O)OC(C)=O)c1. The highest BCUT2D eigenvalue weighted by molar-refractivity contribution is 5.67. The number of ether oxygens (including phenoxy) is 2. The van der Waals surface area contributed by atoms with Crippen molar-refractivity contribution in [3.05, 3.63) is 35.4 Å². The third kappa shape index (κ3) is 4.57. The predicted molar refractivity (Wildman–Crippen MR) is 67.0 cm³/mol. The minimum absolute atomic E-state index is 0.0437. The Labute approximate surface area is 107 Å². The van der Waals surface area contributed by atoms with Crippen molar-refractivity contribution in [2.24, 2.45) is 0 Å². The summed E-state index contributed by atoms with van der Waals surface area (Å²) >= 11 is 0. The van der Waals surface area contributed by atoms with Crippen molar-refractivity contribution >= 4 is 11.9 Å². The van der Waals surface area contributed by atoms with Gasteiger partial charge >= 0.3 is 11.9 Å². The van der Waals surface area contributed by atoms with Gasteiger partial charge in [-0.1, -0.05) is 31.2 Å². The van der Waals surface area contributed by atoms with E-state index in [2.05, 4.69) is 0 Å². The summed E-state index contributed by atoms with van der Waals surface area (Å²) in [4.78, 5) is 21.9. The number of esters is 2. The summed E-state index contributed by atoms with van der Waals surface area (Å²) in [5, 5.41) is 0. The Morgan fingerprint density at radius 3 is 2.50 bits per heavy atom. The van der Waals surface area contributed by atoms with Gasteiger partial charge in [-0.25, -0.2) is 0 Å². The molecule has 0 amide bonds. The van der Waals surface area contributed by atoms with Crippen LogP contribution >= 0.6 is 0 Å². The van der Waals surface area contributed by atoms with Crippen molar-refractivity contribution in [3.8, 4) is 0 Å². The first-order valence-electron chi connectivity index (χ1n) is 5.92. The third-order valence-electron chi connectivity index (χ3n) is 2.48. The number of carbonyl (C=O) groups excluding carboxylic acids is 2. The van der Waals surface area contributed by atoms with Crippen LogP contribution in [0.1, 0.15) is 38.0 Å². The lowest BCUT2D eigenvalue weighted by atomic mass is 10.0. The molecule has 0 aliphatic heterocycles. The van der Waals surface area contributed by atoms with Crippen molar-refractivity contribution in [1.82, 2.24) is 0 Å². The highest BCUT2D eigenvalue weighted by atomic mass is 16.6. The van der Waals surface area contributed by atoms with Crippen molar-refractivity contribution in [2.75, 3.05) is 6.61 Å². The molecule has 4 heteroatoms. The maximum atomic E-state index is 11.1. The first-order chi connectivity index (χ1) is 8.52. The number of carbonyl (C=O) groups is 2. The molecular formula is C14H18O4. The van der Waals surface area contributed by atoms with Gasteiger partial charge in [0, 0.05) is 13.8 Å². The Kier molecular flexibility index (Phi) is 5.36. The molecule has 0 aromatic heterocycles. The van der Waals surface area contributed by atoms with E-state index in [1.165, 1.54) is 13.8 Å². The zero-order chi connectivity index (χ0) is 13.5. The summed E-state index contributed by atoms with van der Waals surface area (Å²) < 4.78 is 10.1. The largest absolute Gasteiger partial charge is 0.462 e. The maximum absolute atomic E-state index is 11.1. The molecule has 1 rings (SSSR count). The summed E-state index contributed by atoms with van der Waals surface area (Å²) in [5.41, 5.74) is 1.98. The fourth-order valence-corrected chi connectivity index (χ4v) is 1.60. The van der Waals surface area contributed by atoms with E-state index in [0.29, 0.717) is 0 Å². The molecule has 0 aliphatic rings. The van der Waals surface area contributed by atoms with Gasteiger partial charge in [-0.05, 0) is 17.5 Å². The monoisotopic (exact) mass is 250 g/mol. The van der Waals surface area contributed by atoms with Crippen molar-refractivity contribution in [3.63, 3.8) is 0 Å². The minimum atomic E-state index is -0.544. The fourth-order valence-electron chi connectivity index (χ4n) is 1.60. The number of benzene rings is 1. The average Bonchev–Trinajstić information content (AvgIpc) is 2.34. The van der Waals surface area contributed by atoms with E-state index >= 15 is 0 Å². The molecule has 1 atom stereocenters. The van der Waals surface area contributed by atoms with E-state index in [1.807, 2.05) is 31.2 Å². The van der Waals surface area contributed by atoms with E-state index in [1.54, 1.807) is 0 Å². The van der Waals surface area contributed by atoms with Gasteiger partial charge in [-0.3, -0.25) is 9.59 Å². The zero-order valence-corrected chi connectivity index (χ0v) is 10.9. The molecule has 1 aromatic rings. The molecule has 0 spiro atoms. The normalized spacial score (nSPS) is 11.7. The summed E-state index contributed by atoms with van der Waals surface area (Å²) in [6.07, 6.45) is 0.353. The van der Waals surface area contributed by atoms with Crippen molar-refractivity contribution in [2.45, 2.75) is 33.3 Å². The van der Waals surface area contributed by atoms with E-state index in [9.17, 15) is 9.59 Å². The van der Waals surface area contributed by atoms with Gasteiger partial charge in [0.15, 0.2) is 6.10 Å². The van der Waals surface area contributed by atoms with Gasteiger partial charge in [-0.2, -0.15) is 0 Å². The van der Waals surface area contributed by atoms with Gasteiger partial charge < -0.3 is 9.47 Å². The Balaban J connectivity index is 2.85. The molecule has 0 aliphatic carbocycles. The van der Waals surface area contributed by atoms with E-state index in [4.69, 9.17) is 9.47 Å². The standard InChI is InChI=1S/C14H18O4/c1-4-12-6-5-7-13(8-12)14(18-11(3)16)9-17-10(2)15/h5-8,14H,4,9H2,1-3H3. The number of hydrogen-bond donors (Lipinski definition) is 0. The van der Waals surface area contributed by atoms with Crippen LogP contribution in [0.2, 0.25) is 0 Å². The highest BCUT2D eigenvalue weighted by Crippen LogP contribution is 2.20. The van der Waals surface area contributed by atoms with Crippen LogP contribution in [0, 0.1) is 0 Å². The minimum Gasteiger partial charge on any atom is -0.462 e. The van der Waals surface area contributed by atoms with Crippen LogP contribution < -0.4 is 0 Å². The Bertz CT molecular complexity index is 426. The summed E-state index contributed by atoms with van der Waals surface area (Å²) in [6.45, 7) is 4.76. The summed E-state index contributed by atoms with van der Waals surface area (Å²) in [6, 6.07) is 7.71. The molecular weight excluding hydrogens is 232 g/mol. The average molecular weight is 250 g/mol. The first-order valence-corrected chi connectivity index (χ1v) is 5.92. The Hall–Kier alpha value is -1.84. The van der Waals surface area contributed by atoms with Crippen LogP contribution in [-0.4, -0.2) is 18.5 Å². The molecule has 0 N–H and O–H groups in total. The van der Waals surface area contributed by atoms with Crippen molar-refractivity contribution < 1.29 is 19.1 Å². The molecule has 0 fully saturated rings. The lowest BCUT2D eigenvalue weighted by molar-refractivity contribution is -0.156. The van der Waals surface area contributed by atoms with Crippen LogP contribution in [0.15, 0.2) is 24.3 Å². The quantitative estimate of drug-likeness (QED) is 0.753. The van der Waals surface area contributed by atoms with Crippen LogP contribution in [0.4, 0.5) is 0 Å². The lowest BCUT2D eigenvalue weighted by Crippen LogP contribution is -2.16. The fraction of sp³-hybridized carbons (Fsp3) is 0.429. The summed E-state index contributed by atoms with van der Waals surface area (Å²) in [5.74, 6) is -0.784. The van der Waals surface area contributed by atoms with Crippen LogP contribution in [-0.2, 0) is 25.5 Å². The van der Waals surface area contributed by atoms with Gasteiger partial charge in [0.2, 0.25) is 0 Å². The zero-order valence-electron chi connectivity index (χ0n) is 10.9. The molecule has 18 heavy (non-hydrogen) atoms. The van der Waals surface area contributed by atoms with Crippen LogP contribution in [0.5, 0.6) is 0 Å². The second-order valence-electron chi connectivity index (χ2n) is 4.00. The molecule has 0 heterocycles. The van der Waals surface area contributed by atoms with Gasteiger partial charge in [0.1, 0.15) is 6.61 Å². The summed E-state index contributed by atoms with van der Waals surface area (Å²) in [7, 11) is 0. The van der Waals surface area contributed by atoms with Gasteiger partial charge in [0.25, 0.3) is 0 Å². The molecule has 1 aromatic carbocycles. The van der Waals surface area contributed by atoms with Crippen LogP contribution in [0.3, 0.4) is 0 Å². The topological polar surface area (TPSA) is 52.6 Å². The predicted octanol–water partition coefficient (Wildman–Crippen LogP) is 2.42. The molecule has 0 bridgehead atoms. The maximum Gasteiger partial charge on any atom is 0.303 e. The Morgan fingerprint density at radius 2 is 1.94 bits per heavy atom. The molecule has 0 saturated carbocycles.